The fourth-order valence-corrected chi connectivity index (χ4v) is 7.90. The van der Waals surface area contributed by atoms with E-state index in [-0.39, 0.29) is 6.04 Å². The van der Waals surface area contributed by atoms with Gasteiger partial charge in [0.1, 0.15) is 0 Å². The Kier molecular flexibility index (Phi) is 4.39. The number of nitrogens with one attached hydrogen (secondary N) is 1. The third-order valence-corrected chi connectivity index (χ3v) is 9.67. The molecule has 0 aromatic carbocycles. The van der Waals surface area contributed by atoms with E-state index in [0.717, 1.165) is 42.9 Å². The molecule has 2 N–H and O–H groups in total. The number of carboxylic acid groups (broad SMARTS) is 1. The number of amides is 1. The van der Waals surface area contributed by atoms with E-state index in [2.05, 4.69) is 26.1 Å². The van der Waals surface area contributed by atoms with Crippen LogP contribution < -0.4 is 5.32 Å². The SMILES string of the molecule is C[C@H]1CC[C@H]2C3CCC4CC(NC(=O)C(=O)O)CC[C@]4(C)C3CC[C@]12C. The summed E-state index contributed by atoms with van der Waals surface area (Å²) in [4.78, 5) is 22.4. The van der Waals surface area contributed by atoms with Crippen molar-refractivity contribution in [1.82, 2.24) is 5.32 Å². The van der Waals surface area contributed by atoms with E-state index < -0.39 is 11.9 Å². The zero-order valence-electron chi connectivity index (χ0n) is 16.6. The molecule has 4 aliphatic carbocycles. The van der Waals surface area contributed by atoms with E-state index in [1.54, 1.807) is 0 Å². The van der Waals surface area contributed by atoms with Crippen LogP contribution >= 0.6 is 0 Å². The molecule has 0 heterocycles. The van der Waals surface area contributed by atoms with Gasteiger partial charge in [0.05, 0.1) is 0 Å². The molecule has 0 saturated heterocycles. The van der Waals surface area contributed by atoms with Crippen molar-refractivity contribution < 1.29 is 14.7 Å². The van der Waals surface area contributed by atoms with Gasteiger partial charge in [-0.2, -0.15) is 0 Å². The van der Waals surface area contributed by atoms with Gasteiger partial charge in [0.25, 0.3) is 0 Å². The molecule has 0 bridgehead atoms. The number of hydrogen-bond acceptors (Lipinski definition) is 2. The van der Waals surface area contributed by atoms with Crippen LogP contribution in [0.2, 0.25) is 0 Å². The second-order valence-electron chi connectivity index (χ2n) is 10.4. The Morgan fingerprint density at radius 1 is 0.923 bits per heavy atom. The number of fused-ring (bicyclic) bond motifs is 5. The van der Waals surface area contributed by atoms with Gasteiger partial charge in [0.2, 0.25) is 0 Å². The lowest BCUT2D eigenvalue weighted by Gasteiger charge is -2.61. The molecule has 4 unspecified atom stereocenters. The third kappa shape index (κ3) is 2.62. The summed E-state index contributed by atoms with van der Waals surface area (Å²) >= 11 is 0. The van der Waals surface area contributed by atoms with Crippen LogP contribution in [0.25, 0.3) is 0 Å². The summed E-state index contributed by atoms with van der Waals surface area (Å²) in [6.45, 7) is 7.56. The number of hydrogen-bond donors (Lipinski definition) is 2. The summed E-state index contributed by atoms with van der Waals surface area (Å²) in [6, 6.07) is 0.0496. The Labute approximate surface area is 157 Å². The topological polar surface area (TPSA) is 66.4 Å². The molecule has 4 aliphatic rings. The minimum absolute atomic E-state index is 0.0496. The smallest absolute Gasteiger partial charge is 0.394 e. The van der Waals surface area contributed by atoms with E-state index in [0.29, 0.717) is 16.7 Å². The number of carboxylic acids is 1. The van der Waals surface area contributed by atoms with Crippen molar-refractivity contribution in [3.63, 3.8) is 0 Å². The van der Waals surface area contributed by atoms with Gasteiger partial charge in [-0.25, -0.2) is 4.79 Å². The standard InChI is InChI=1S/C22H35NO3/c1-13-4-7-17-16-6-5-14-12-15(23-19(24)20(25)26)8-10-22(14,3)18(16)9-11-21(13,17)2/h13-18H,4-12H2,1-3H3,(H,23,24)(H,25,26)/t13-,14?,15?,16?,17-,18?,21+,22-/m0/s1. The molecule has 4 rings (SSSR count). The fourth-order valence-electron chi connectivity index (χ4n) is 7.90. The van der Waals surface area contributed by atoms with Crippen molar-refractivity contribution in [2.75, 3.05) is 0 Å². The van der Waals surface area contributed by atoms with Crippen LogP contribution in [-0.2, 0) is 9.59 Å². The second kappa shape index (κ2) is 6.24. The summed E-state index contributed by atoms with van der Waals surface area (Å²) in [5.41, 5.74) is 0.956. The molecule has 0 aromatic rings. The molecule has 0 aliphatic heterocycles. The Hall–Kier alpha value is -1.06. The average molecular weight is 362 g/mol. The highest BCUT2D eigenvalue weighted by Gasteiger charge is 2.59. The fraction of sp³-hybridized carbons (Fsp3) is 0.909. The molecule has 4 fully saturated rings. The van der Waals surface area contributed by atoms with Crippen molar-refractivity contribution in [3.8, 4) is 0 Å². The van der Waals surface area contributed by atoms with Gasteiger partial charge in [-0.1, -0.05) is 20.8 Å². The van der Waals surface area contributed by atoms with Gasteiger partial charge in [-0.3, -0.25) is 4.79 Å². The summed E-state index contributed by atoms with van der Waals surface area (Å²) in [5.74, 6) is 1.97. The zero-order valence-corrected chi connectivity index (χ0v) is 16.6. The van der Waals surface area contributed by atoms with Gasteiger partial charge in [0.15, 0.2) is 0 Å². The molecule has 0 aromatic heterocycles. The van der Waals surface area contributed by atoms with Crippen LogP contribution in [0.3, 0.4) is 0 Å². The molecule has 4 nitrogen and oxygen atoms in total. The minimum atomic E-state index is -1.36. The molecule has 0 radical (unpaired) electrons. The van der Waals surface area contributed by atoms with Crippen LogP contribution in [0.5, 0.6) is 0 Å². The lowest BCUT2D eigenvalue weighted by molar-refractivity contribution is -0.151. The quantitative estimate of drug-likeness (QED) is 0.687. The summed E-state index contributed by atoms with van der Waals surface area (Å²) in [6.07, 6.45) is 11.3. The molecular formula is C22H35NO3. The van der Waals surface area contributed by atoms with E-state index in [4.69, 9.17) is 5.11 Å². The number of aliphatic carboxylic acids is 1. The number of carbonyl (C=O) groups is 2. The van der Waals surface area contributed by atoms with Crippen LogP contribution in [0, 0.1) is 40.4 Å². The van der Waals surface area contributed by atoms with E-state index in [1.807, 2.05) is 0 Å². The third-order valence-electron chi connectivity index (χ3n) is 9.67. The van der Waals surface area contributed by atoms with Crippen molar-refractivity contribution in [2.45, 2.75) is 84.6 Å². The van der Waals surface area contributed by atoms with Crippen LogP contribution in [-0.4, -0.2) is 23.0 Å². The Morgan fingerprint density at radius 2 is 1.62 bits per heavy atom. The summed E-state index contributed by atoms with van der Waals surface area (Å²) in [7, 11) is 0. The highest BCUT2D eigenvalue weighted by atomic mass is 16.4. The van der Waals surface area contributed by atoms with Gasteiger partial charge in [-0.05, 0) is 98.2 Å². The zero-order chi connectivity index (χ0) is 18.7. The lowest BCUT2D eigenvalue weighted by atomic mass is 9.44. The normalized spacial score (nSPS) is 50.3. The van der Waals surface area contributed by atoms with Crippen molar-refractivity contribution in [3.05, 3.63) is 0 Å². The molecule has 0 spiro atoms. The highest BCUT2D eigenvalue weighted by molar-refractivity contribution is 6.31. The number of rotatable bonds is 1. The van der Waals surface area contributed by atoms with Gasteiger partial charge >= 0.3 is 11.9 Å². The summed E-state index contributed by atoms with van der Waals surface area (Å²) in [5, 5.41) is 11.6. The van der Waals surface area contributed by atoms with Gasteiger partial charge < -0.3 is 10.4 Å². The van der Waals surface area contributed by atoms with E-state index in [1.165, 1.54) is 38.5 Å². The molecular weight excluding hydrogens is 326 g/mol. The molecule has 4 heteroatoms. The van der Waals surface area contributed by atoms with Crippen molar-refractivity contribution in [1.29, 1.82) is 0 Å². The van der Waals surface area contributed by atoms with Crippen molar-refractivity contribution in [2.24, 2.45) is 40.4 Å². The maximum Gasteiger partial charge on any atom is 0.394 e. The van der Waals surface area contributed by atoms with E-state index in [9.17, 15) is 9.59 Å². The first kappa shape index (κ1) is 18.3. The first-order valence-electron chi connectivity index (χ1n) is 10.8. The molecule has 146 valence electrons. The van der Waals surface area contributed by atoms with E-state index >= 15 is 0 Å². The maximum absolute atomic E-state index is 11.6. The van der Waals surface area contributed by atoms with Crippen LogP contribution in [0.15, 0.2) is 0 Å². The van der Waals surface area contributed by atoms with Crippen LogP contribution in [0.1, 0.15) is 78.6 Å². The van der Waals surface area contributed by atoms with Gasteiger partial charge in [-0.15, -0.1) is 0 Å². The monoisotopic (exact) mass is 361 g/mol. The minimum Gasteiger partial charge on any atom is -0.474 e. The Morgan fingerprint density at radius 3 is 2.35 bits per heavy atom. The lowest BCUT2D eigenvalue weighted by Crippen LogP contribution is -2.55. The molecule has 8 atom stereocenters. The van der Waals surface area contributed by atoms with Crippen LogP contribution in [0.4, 0.5) is 0 Å². The molecule has 1 amide bonds. The molecule has 4 saturated carbocycles. The van der Waals surface area contributed by atoms with Gasteiger partial charge in [0, 0.05) is 6.04 Å². The first-order valence-corrected chi connectivity index (χ1v) is 10.8. The predicted octanol–water partition coefficient (Wildman–Crippen LogP) is 4.23. The Balaban J connectivity index is 1.49. The Bertz CT molecular complexity index is 604. The first-order chi connectivity index (χ1) is 12.3. The largest absolute Gasteiger partial charge is 0.474 e. The summed E-state index contributed by atoms with van der Waals surface area (Å²) < 4.78 is 0. The highest BCUT2D eigenvalue weighted by Crippen LogP contribution is 2.67. The van der Waals surface area contributed by atoms with Crippen molar-refractivity contribution >= 4 is 11.9 Å². The second-order valence-corrected chi connectivity index (χ2v) is 10.4. The predicted molar refractivity (Wildman–Crippen MR) is 100 cm³/mol. The number of carbonyl (C=O) groups excluding carboxylic acids is 1. The molecule has 26 heavy (non-hydrogen) atoms. The average Bonchev–Trinajstić information content (AvgIpc) is 2.90. The maximum atomic E-state index is 11.6.